The van der Waals surface area contributed by atoms with Crippen LogP contribution >= 0.6 is 0 Å². The number of nitriles is 1. The monoisotopic (exact) mass is 296 g/mol. The maximum absolute atomic E-state index is 12.9. The van der Waals surface area contributed by atoms with Gasteiger partial charge in [0.2, 0.25) is 10.0 Å². The van der Waals surface area contributed by atoms with Crippen LogP contribution in [0.2, 0.25) is 0 Å². The molecule has 0 aromatic heterocycles. The molecule has 0 radical (unpaired) electrons. The molecule has 4 nitrogen and oxygen atoms in total. The summed E-state index contributed by atoms with van der Waals surface area (Å²) in [4.78, 5) is -0.0212. The Bertz CT molecular complexity index is 612. The van der Waals surface area contributed by atoms with Gasteiger partial charge in [-0.15, -0.1) is 0 Å². The lowest BCUT2D eigenvalue weighted by Crippen LogP contribution is -2.49. The van der Waals surface area contributed by atoms with Crippen molar-refractivity contribution in [1.29, 1.82) is 5.26 Å². The molecular weight excluding hydrogens is 279 g/mol. The van der Waals surface area contributed by atoms with E-state index in [2.05, 4.69) is 17.7 Å². The molecule has 1 fully saturated rings. The van der Waals surface area contributed by atoms with Crippen molar-refractivity contribution in [2.24, 2.45) is 5.92 Å². The third kappa shape index (κ3) is 3.17. The van der Waals surface area contributed by atoms with Crippen LogP contribution in [-0.2, 0) is 10.0 Å². The average Bonchev–Trinajstić information content (AvgIpc) is 2.42. The largest absolute Gasteiger partial charge is 0.241 e. The van der Waals surface area contributed by atoms with E-state index in [1.54, 1.807) is 0 Å². The average molecular weight is 296 g/mol. The fraction of sp³-hybridized carbons (Fsp3) is 0.500. The second-order valence-electron chi connectivity index (χ2n) is 5.44. The van der Waals surface area contributed by atoms with E-state index < -0.39 is 21.4 Å². The number of benzene rings is 1. The Kier molecular flexibility index (Phi) is 4.11. The molecule has 1 aliphatic carbocycles. The highest BCUT2D eigenvalue weighted by Gasteiger charge is 2.38. The molecule has 1 aromatic rings. The summed E-state index contributed by atoms with van der Waals surface area (Å²) in [5.41, 5.74) is -1.04. The van der Waals surface area contributed by atoms with E-state index in [9.17, 15) is 18.1 Å². The van der Waals surface area contributed by atoms with E-state index in [-0.39, 0.29) is 4.90 Å². The Morgan fingerprint density at radius 1 is 1.30 bits per heavy atom. The van der Waals surface area contributed by atoms with Gasteiger partial charge >= 0.3 is 0 Å². The van der Waals surface area contributed by atoms with E-state index in [4.69, 9.17) is 0 Å². The Labute approximate surface area is 118 Å². The summed E-state index contributed by atoms with van der Waals surface area (Å²) in [6, 6.07) is 6.70. The smallest absolute Gasteiger partial charge is 0.207 e. The first-order chi connectivity index (χ1) is 9.37. The standard InChI is InChI=1S/C14H17FN2O2S/c1-11-6-8-14(10-16,9-7-11)17-20(18,19)13-4-2-12(15)3-5-13/h2-5,11,17H,6-9H2,1H3. The van der Waals surface area contributed by atoms with E-state index in [0.717, 1.165) is 25.0 Å². The van der Waals surface area contributed by atoms with Gasteiger partial charge in [-0.25, -0.2) is 12.8 Å². The maximum Gasteiger partial charge on any atom is 0.241 e. The third-order valence-electron chi connectivity index (χ3n) is 3.80. The number of hydrogen-bond donors (Lipinski definition) is 1. The Balaban J connectivity index is 2.23. The summed E-state index contributed by atoms with van der Waals surface area (Å²) < 4.78 is 39.9. The van der Waals surface area contributed by atoms with Gasteiger partial charge in [-0.05, 0) is 55.9 Å². The van der Waals surface area contributed by atoms with Crippen LogP contribution in [0, 0.1) is 23.1 Å². The molecule has 0 heterocycles. The normalized spacial score (nSPS) is 26.9. The first-order valence-corrected chi connectivity index (χ1v) is 8.06. The lowest BCUT2D eigenvalue weighted by atomic mass is 9.79. The SMILES string of the molecule is CC1CCC(C#N)(NS(=O)(=O)c2ccc(F)cc2)CC1. The van der Waals surface area contributed by atoms with Gasteiger partial charge in [0.05, 0.1) is 11.0 Å². The van der Waals surface area contributed by atoms with Crippen molar-refractivity contribution < 1.29 is 12.8 Å². The van der Waals surface area contributed by atoms with Crippen LogP contribution in [0.3, 0.4) is 0 Å². The molecule has 20 heavy (non-hydrogen) atoms. The predicted octanol–water partition coefficient (Wildman–Crippen LogP) is 2.58. The fourth-order valence-electron chi connectivity index (χ4n) is 2.42. The highest BCUT2D eigenvalue weighted by molar-refractivity contribution is 7.89. The summed E-state index contributed by atoms with van der Waals surface area (Å²) >= 11 is 0. The highest BCUT2D eigenvalue weighted by atomic mass is 32.2. The van der Waals surface area contributed by atoms with Crippen LogP contribution in [0.1, 0.15) is 32.6 Å². The topological polar surface area (TPSA) is 70.0 Å². The first kappa shape index (κ1) is 14.9. The maximum atomic E-state index is 12.9. The molecule has 108 valence electrons. The second kappa shape index (κ2) is 5.51. The predicted molar refractivity (Wildman–Crippen MR) is 72.7 cm³/mol. The van der Waals surface area contributed by atoms with E-state index in [0.29, 0.717) is 18.8 Å². The van der Waals surface area contributed by atoms with Crippen LogP contribution in [0.15, 0.2) is 29.2 Å². The number of rotatable bonds is 3. The molecule has 2 rings (SSSR count). The van der Waals surface area contributed by atoms with Crippen molar-refractivity contribution in [3.8, 4) is 6.07 Å². The van der Waals surface area contributed by atoms with Gasteiger partial charge in [-0.2, -0.15) is 9.98 Å². The molecule has 0 atom stereocenters. The van der Waals surface area contributed by atoms with E-state index >= 15 is 0 Å². The molecular formula is C14H17FN2O2S. The van der Waals surface area contributed by atoms with Crippen molar-refractivity contribution >= 4 is 10.0 Å². The summed E-state index contributed by atoms with van der Waals surface area (Å²) in [5.74, 6) is 0.0113. The van der Waals surface area contributed by atoms with E-state index in [1.807, 2.05) is 0 Å². The van der Waals surface area contributed by atoms with E-state index in [1.165, 1.54) is 12.1 Å². The van der Waals surface area contributed by atoms with Crippen LogP contribution in [0.25, 0.3) is 0 Å². The molecule has 1 saturated carbocycles. The summed E-state index contributed by atoms with van der Waals surface area (Å²) in [6.45, 7) is 2.09. The number of hydrogen-bond acceptors (Lipinski definition) is 3. The molecule has 1 aliphatic rings. The zero-order valence-electron chi connectivity index (χ0n) is 11.3. The highest BCUT2D eigenvalue weighted by Crippen LogP contribution is 2.32. The van der Waals surface area contributed by atoms with Gasteiger partial charge in [0.25, 0.3) is 0 Å². The molecule has 0 spiro atoms. The van der Waals surface area contributed by atoms with Gasteiger partial charge in [0.1, 0.15) is 11.4 Å². The van der Waals surface area contributed by atoms with Gasteiger partial charge in [0.15, 0.2) is 0 Å². The van der Waals surface area contributed by atoms with Gasteiger partial charge < -0.3 is 0 Å². The van der Waals surface area contributed by atoms with Crippen molar-refractivity contribution in [2.45, 2.75) is 43.0 Å². The Hall–Kier alpha value is -1.45. The lowest BCUT2D eigenvalue weighted by molar-refractivity contribution is 0.278. The summed E-state index contributed by atoms with van der Waals surface area (Å²) in [7, 11) is -3.80. The zero-order valence-corrected chi connectivity index (χ0v) is 12.1. The molecule has 1 aromatic carbocycles. The minimum Gasteiger partial charge on any atom is -0.207 e. The third-order valence-corrected chi connectivity index (χ3v) is 5.35. The minimum atomic E-state index is -3.80. The zero-order chi connectivity index (χ0) is 14.8. The number of sulfonamides is 1. The Morgan fingerprint density at radius 3 is 2.35 bits per heavy atom. The van der Waals surface area contributed by atoms with Crippen LogP contribution in [0.5, 0.6) is 0 Å². The summed E-state index contributed by atoms with van der Waals surface area (Å²) in [6.07, 6.45) is 2.65. The van der Waals surface area contributed by atoms with Crippen molar-refractivity contribution in [2.75, 3.05) is 0 Å². The second-order valence-corrected chi connectivity index (χ2v) is 7.12. The molecule has 0 aliphatic heterocycles. The Morgan fingerprint density at radius 2 is 1.85 bits per heavy atom. The minimum absolute atomic E-state index is 0.0212. The first-order valence-electron chi connectivity index (χ1n) is 6.58. The number of nitrogens with zero attached hydrogens (tertiary/aromatic N) is 1. The van der Waals surface area contributed by atoms with Gasteiger partial charge in [0, 0.05) is 0 Å². The lowest BCUT2D eigenvalue weighted by Gasteiger charge is -2.33. The number of halogens is 1. The fourth-order valence-corrected chi connectivity index (χ4v) is 3.80. The van der Waals surface area contributed by atoms with Gasteiger partial charge in [-0.3, -0.25) is 0 Å². The van der Waals surface area contributed by atoms with Crippen LogP contribution in [0.4, 0.5) is 4.39 Å². The quantitative estimate of drug-likeness (QED) is 0.932. The van der Waals surface area contributed by atoms with Crippen LogP contribution < -0.4 is 4.72 Å². The molecule has 0 amide bonds. The molecule has 1 N–H and O–H groups in total. The molecule has 0 unspecified atom stereocenters. The molecule has 0 saturated heterocycles. The van der Waals surface area contributed by atoms with Crippen molar-refractivity contribution in [3.63, 3.8) is 0 Å². The van der Waals surface area contributed by atoms with Gasteiger partial charge in [-0.1, -0.05) is 6.92 Å². The van der Waals surface area contributed by atoms with Crippen LogP contribution in [-0.4, -0.2) is 14.0 Å². The summed E-state index contributed by atoms with van der Waals surface area (Å²) in [5, 5.41) is 9.35. The van der Waals surface area contributed by atoms with Crippen molar-refractivity contribution in [1.82, 2.24) is 4.72 Å². The van der Waals surface area contributed by atoms with Crippen molar-refractivity contribution in [3.05, 3.63) is 30.1 Å². The molecule has 0 bridgehead atoms. The number of nitrogens with one attached hydrogen (secondary N) is 1. The molecule has 6 heteroatoms.